The first-order valence-electron chi connectivity index (χ1n) is 5.15. The highest BCUT2D eigenvalue weighted by atomic mass is 15.1. The second-order valence-electron chi connectivity index (χ2n) is 4.66. The van der Waals surface area contributed by atoms with E-state index in [0.717, 1.165) is 12.5 Å². The van der Waals surface area contributed by atoms with Crippen molar-refractivity contribution < 1.29 is 0 Å². The molecular weight excluding hydrogens is 148 g/mol. The summed E-state index contributed by atoms with van der Waals surface area (Å²) in [6.45, 7) is 3.47. The molecule has 1 aliphatic carbocycles. The quantitative estimate of drug-likeness (QED) is 0.683. The van der Waals surface area contributed by atoms with Gasteiger partial charge in [0.05, 0.1) is 0 Å². The van der Waals surface area contributed by atoms with Crippen LogP contribution in [0, 0.1) is 11.3 Å². The Hall–Kier alpha value is -0.0800. The van der Waals surface area contributed by atoms with Gasteiger partial charge in [0.15, 0.2) is 0 Å². The van der Waals surface area contributed by atoms with Crippen molar-refractivity contribution in [3.8, 4) is 0 Å². The van der Waals surface area contributed by atoms with Gasteiger partial charge in [0.1, 0.15) is 0 Å². The number of nitrogens with zero attached hydrogens (tertiary/aromatic N) is 1. The van der Waals surface area contributed by atoms with Crippen LogP contribution in [-0.4, -0.2) is 31.6 Å². The van der Waals surface area contributed by atoms with Gasteiger partial charge < -0.3 is 10.6 Å². The summed E-state index contributed by atoms with van der Waals surface area (Å²) in [5.74, 6) is 1.02. The normalized spacial score (nSPS) is 37.5. The predicted molar refractivity (Wildman–Crippen MR) is 50.9 cm³/mol. The van der Waals surface area contributed by atoms with Crippen LogP contribution in [0.2, 0.25) is 0 Å². The van der Waals surface area contributed by atoms with E-state index in [1.807, 2.05) is 0 Å². The molecule has 2 fully saturated rings. The van der Waals surface area contributed by atoms with Crippen LogP contribution >= 0.6 is 0 Å². The second kappa shape index (κ2) is 3.00. The van der Waals surface area contributed by atoms with Crippen molar-refractivity contribution >= 4 is 0 Å². The molecule has 0 bridgehead atoms. The van der Waals surface area contributed by atoms with Crippen LogP contribution in [0.1, 0.15) is 25.7 Å². The zero-order valence-corrected chi connectivity index (χ0v) is 8.05. The molecule has 2 heteroatoms. The minimum atomic E-state index is 0.628. The first-order chi connectivity index (χ1) is 5.77. The second-order valence-corrected chi connectivity index (χ2v) is 4.66. The van der Waals surface area contributed by atoms with E-state index in [1.54, 1.807) is 0 Å². The van der Waals surface area contributed by atoms with E-state index in [1.165, 1.54) is 38.8 Å². The Morgan fingerprint density at radius 2 is 2.25 bits per heavy atom. The molecule has 2 aliphatic rings. The van der Waals surface area contributed by atoms with E-state index in [0.29, 0.717) is 5.41 Å². The lowest BCUT2D eigenvalue weighted by Crippen LogP contribution is -2.29. The molecule has 1 saturated heterocycles. The molecule has 1 atom stereocenters. The van der Waals surface area contributed by atoms with Gasteiger partial charge in [-0.25, -0.2) is 0 Å². The molecule has 2 N–H and O–H groups in total. The van der Waals surface area contributed by atoms with Crippen molar-refractivity contribution in [3.05, 3.63) is 0 Å². The Morgan fingerprint density at radius 3 is 2.67 bits per heavy atom. The molecule has 1 heterocycles. The lowest BCUT2D eigenvalue weighted by molar-refractivity contribution is 0.225. The molecular formula is C10H20N2. The Bertz CT molecular complexity index is 161. The van der Waals surface area contributed by atoms with Gasteiger partial charge in [0.25, 0.3) is 0 Å². The predicted octanol–water partition coefficient (Wildman–Crippen LogP) is 1.07. The summed E-state index contributed by atoms with van der Waals surface area (Å²) in [6.07, 6.45) is 5.58. The number of nitrogens with two attached hydrogens (primary N) is 1. The molecule has 12 heavy (non-hydrogen) atoms. The summed E-state index contributed by atoms with van der Waals surface area (Å²) >= 11 is 0. The molecule has 0 aromatic heterocycles. The van der Waals surface area contributed by atoms with Gasteiger partial charge >= 0.3 is 0 Å². The highest BCUT2D eigenvalue weighted by molar-refractivity contribution is 4.99. The first kappa shape index (κ1) is 8.52. The van der Waals surface area contributed by atoms with Gasteiger partial charge in [0, 0.05) is 6.54 Å². The van der Waals surface area contributed by atoms with Crippen molar-refractivity contribution in [2.24, 2.45) is 17.1 Å². The summed E-state index contributed by atoms with van der Waals surface area (Å²) in [7, 11) is 2.24. The van der Waals surface area contributed by atoms with Gasteiger partial charge in [-0.05, 0) is 57.2 Å². The van der Waals surface area contributed by atoms with Crippen molar-refractivity contribution in [1.29, 1.82) is 0 Å². The van der Waals surface area contributed by atoms with Gasteiger partial charge in [-0.15, -0.1) is 0 Å². The maximum absolute atomic E-state index is 5.69. The lowest BCUT2D eigenvalue weighted by atomic mass is 9.79. The van der Waals surface area contributed by atoms with Gasteiger partial charge in [0.2, 0.25) is 0 Å². The Morgan fingerprint density at radius 1 is 1.50 bits per heavy atom. The summed E-state index contributed by atoms with van der Waals surface area (Å²) in [6, 6.07) is 0. The van der Waals surface area contributed by atoms with Crippen LogP contribution in [0.15, 0.2) is 0 Å². The Kier molecular flexibility index (Phi) is 2.13. The van der Waals surface area contributed by atoms with Crippen LogP contribution < -0.4 is 5.73 Å². The van der Waals surface area contributed by atoms with Gasteiger partial charge in [-0.3, -0.25) is 0 Å². The summed E-state index contributed by atoms with van der Waals surface area (Å²) in [5.41, 5.74) is 6.31. The first-order valence-corrected chi connectivity index (χ1v) is 5.15. The van der Waals surface area contributed by atoms with E-state index in [9.17, 15) is 0 Å². The average molecular weight is 168 g/mol. The smallest absolute Gasteiger partial charge is 0.00385 e. The average Bonchev–Trinajstić information content (AvgIpc) is 2.80. The highest BCUT2D eigenvalue weighted by Crippen LogP contribution is 2.52. The maximum atomic E-state index is 5.69. The number of hydrogen-bond acceptors (Lipinski definition) is 2. The molecule has 2 nitrogen and oxygen atoms in total. The van der Waals surface area contributed by atoms with Crippen LogP contribution in [0.25, 0.3) is 0 Å². The van der Waals surface area contributed by atoms with E-state index in [4.69, 9.17) is 5.73 Å². The van der Waals surface area contributed by atoms with Crippen LogP contribution in [0.3, 0.4) is 0 Å². The van der Waals surface area contributed by atoms with Crippen molar-refractivity contribution in [2.45, 2.75) is 25.7 Å². The van der Waals surface area contributed by atoms with Crippen molar-refractivity contribution in [2.75, 3.05) is 26.7 Å². The van der Waals surface area contributed by atoms with Gasteiger partial charge in [-0.1, -0.05) is 0 Å². The largest absolute Gasteiger partial charge is 0.330 e. The highest BCUT2D eigenvalue weighted by Gasteiger charge is 2.47. The van der Waals surface area contributed by atoms with Crippen LogP contribution in [0.5, 0.6) is 0 Å². The molecule has 0 amide bonds. The fraction of sp³-hybridized carbons (Fsp3) is 1.00. The van der Waals surface area contributed by atoms with Gasteiger partial charge in [-0.2, -0.15) is 0 Å². The Balaban J connectivity index is 2.01. The van der Waals surface area contributed by atoms with E-state index >= 15 is 0 Å². The molecule has 0 aromatic rings. The number of likely N-dealkylation sites (tertiary alicyclic amines) is 1. The molecule has 1 unspecified atom stereocenters. The van der Waals surface area contributed by atoms with E-state index in [-0.39, 0.29) is 0 Å². The zero-order chi connectivity index (χ0) is 8.60. The maximum Gasteiger partial charge on any atom is 0.00385 e. The SMILES string of the molecule is CN1CCC(CCN)(C2CC2)C1. The summed E-state index contributed by atoms with van der Waals surface area (Å²) in [4.78, 5) is 2.47. The van der Waals surface area contributed by atoms with E-state index in [2.05, 4.69) is 11.9 Å². The lowest BCUT2D eigenvalue weighted by Gasteiger charge is -2.28. The third-order valence-electron chi connectivity index (χ3n) is 3.66. The molecule has 70 valence electrons. The minimum Gasteiger partial charge on any atom is -0.330 e. The standard InChI is InChI=1S/C10H20N2/c1-12-7-5-10(8-12,4-6-11)9-2-3-9/h9H,2-8,11H2,1H3. The third kappa shape index (κ3) is 1.38. The fourth-order valence-corrected chi connectivity index (χ4v) is 2.83. The van der Waals surface area contributed by atoms with Crippen LogP contribution in [0.4, 0.5) is 0 Å². The monoisotopic (exact) mass is 168 g/mol. The Labute approximate surface area is 75.1 Å². The molecule has 1 aliphatic heterocycles. The number of rotatable bonds is 3. The summed E-state index contributed by atoms with van der Waals surface area (Å²) < 4.78 is 0. The van der Waals surface area contributed by atoms with E-state index < -0.39 is 0 Å². The molecule has 0 radical (unpaired) electrons. The fourth-order valence-electron chi connectivity index (χ4n) is 2.83. The molecule has 1 saturated carbocycles. The third-order valence-corrected chi connectivity index (χ3v) is 3.66. The van der Waals surface area contributed by atoms with Crippen molar-refractivity contribution in [1.82, 2.24) is 4.90 Å². The molecule has 2 rings (SSSR count). The van der Waals surface area contributed by atoms with Crippen LogP contribution in [-0.2, 0) is 0 Å². The topological polar surface area (TPSA) is 29.3 Å². The zero-order valence-electron chi connectivity index (χ0n) is 8.05. The minimum absolute atomic E-state index is 0.628. The molecule has 0 aromatic carbocycles. The summed E-state index contributed by atoms with van der Waals surface area (Å²) in [5, 5.41) is 0. The molecule has 0 spiro atoms. The van der Waals surface area contributed by atoms with Crippen molar-refractivity contribution in [3.63, 3.8) is 0 Å². The number of hydrogen-bond donors (Lipinski definition) is 1.